The molecule has 2 N–H and O–H groups in total. The van der Waals surface area contributed by atoms with E-state index in [4.69, 9.17) is 18.9 Å². The number of carbonyl (C=O) groups is 2. The first-order valence-corrected chi connectivity index (χ1v) is 11.1. The lowest BCUT2D eigenvalue weighted by Crippen LogP contribution is -2.33. The van der Waals surface area contributed by atoms with Crippen LogP contribution in [0, 0.1) is 5.92 Å². The molecule has 0 bridgehead atoms. The number of hydrogen-bond acceptors (Lipinski definition) is 6. The van der Waals surface area contributed by atoms with Crippen molar-refractivity contribution in [2.45, 2.75) is 33.7 Å². The first-order valence-electron chi connectivity index (χ1n) is 11.1. The van der Waals surface area contributed by atoms with Crippen molar-refractivity contribution in [3.05, 3.63) is 53.2 Å². The average molecular weight is 471 g/mol. The van der Waals surface area contributed by atoms with E-state index in [1.807, 2.05) is 18.2 Å². The molecule has 0 aromatic heterocycles. The van der Waals surface area contributed by atoms with Crippen molar-refractivity contribution >= 4 is 17.9 Å². The lowest BCUT2D eigenvalue weighted by Gasteiger charge is -2.14. The fourth-order valence-electron chi connectivity index (χ4n) is 3.08. The Bertz CT molecular complexity index is 1020. The fraction of sp³-hybridized carbons (Fsp3) is 0.385. The summed E-state index contributed by atoms with van der Waals surface area (Å²) in [5, 5.41) is 5.42. The van der Waals surface area contributed by atoms with E-state index in [0.29, 0.717) is 41.1 Å². The molecule has 0 heterocycles. The molecule has 2 aromatic carbocycles. The third-order valence-corrected chi connectivity index (χ3v) is 4.91. The first-order chi connectivity index (χ1) is 16.3. The maximum absolute atomic E-state index is 12.9. The van der Waals surface area contributed by atoms with E-state index in [2.05, 4.69) is 24.5 Å². The highest BCUT2D eigenvalue weighted by Gasteiger charge is 2.13. The van der Waals surface area contributed by atoms with Crippen LogP contribution >= 0.6 is 0 Å². The van der Waals surface area contributed by atoms with Gasteiger partial charge < -0.3 is 29.6 Å². The molecular weight excluding hydrogens is 436 g/mol. The molecule has 2 rings (SSSR count). The van der Waals surface area contributed by atoms with E-state index in [0.717, 1.165) is 12.0 Å². The summed E-state index contributed by atoms with van der Waals surface area (Å²) in [4.78, 5) is 24.5. The number of methoxy groups -OCH3 is 3. The first kappa shape index (κ1) is 26.6. The van der Waals surface area contributed by atoms with Crippen LogP contribution in [0.4, 0.5) is 0 Å². The van der Waals surface area contributed by atoms with E-state index in [9.17, 15) is 9.59 Å². The maximum Gasteiger partial charge on any atom is 0.268 e. The minimum atomic E-state index is -0.429. The number of hydrogen-bond donors (Lipinski definition) is 2. The van der Waals surface area contributed by atoms with Crippen LogP contribution in [0.25, 0.3) is 6.08 Å². The number of rotatable bonds is 12. The number of ether oxygens (including phenoxy) is 4. The van der Waals surface area contributed by atoms with Gasteiger partial charge in [-0.2, -0.15) is 0 Å². The van der Waals surface area contributed by atoms with Crippen molar-refractivity contribution < 1.29 is 28.5 Å². The van der Waals surface area contributed by atoms with E-state index in [1.165, 1.54) is 14.0 Å². The van der Waals surface area contributed by atoms with E-state index >= 15 is 0 Å². The molecule has 0 radical (unpaired) electrons. The Morgan fingerprint density at radius 3 is 2.18 bits per heavy atom. The molecule has 0 fully saturated rings. The summed E-state index contributed by atoms with van der Waals surface area (Å²) < 4.78 is 21.8. The van der Waals surface area contributed by atoms with E-state index in [-0.39, 0.29) is 18.1 Å². The molecule has 34 heavy (non-hydrogen) atoms. The number of carbonyl (C=O) groups excluding carboxylic acids is 2. The van der Waals surface area contributed by atoms with Crippen molar-refractivity contribution in [1.29, 1.82) is 0 Å². The second-order valence-electron chi connectivity index (χ2n) is 8.05. The number of benzene rings is 2. The maximum atomic E-state index is 12.9. The Balaban J connectivity index is 2.14. The summed E-state index contributed by atoms with van der Waals surface area (Å²) in [6, 6.07) is 10.7. The van der Waals surface area contributed by atoms with Crippen LogP contribution in [-0.2, 0) is 16.1 Å². The van der Waals surface area contributed by atoms with Gasteiger partial charge in [0.05, 0.1) is 27.9 Å². The molecule has 0 unspecified atom stereocenters. The quantitative estimate of drug-likeness (QED) is 0.457. The highest BCUT2D eigenvalue weighted by Crippen LogP contribution is 2.29. The molecule has 0 saturated heterocycles. The summed E-state index contributed by atoms with van der Waals surface area (Å²) >= 11 is 0. The Morgan fingerprint density at radius 2 is 1.56 bits per heavy atom. The molecule has 0 aliphatic carbocycles. The molecule has 0 saturated carbocycles. The Kier molecular flexibility index (Phi) is 10.3. The van der Waals surface area contributed by atoms with Crippen molar-refractivity contribution in [3.8, 4) is 23.0 Å². The van der Waals surface area contributed by atoms with Crippen molar-refractivity contribution in [2.24, 2.45) is 5.92 Å². The van der Waals surface area contributed by atoms with Crippen molar-refractivity contribution in [2.75, 3.05) is 27.9 Å². The van der Waals surface area contributed by atoms with Crippen LogP contribution in [0.1, 0.15) is 38.3 Å². The summed E-state index contributed by atoms with van der Waals surface area (Å²) in [7, 11) is 4.65. The smallest absolute Gasteiger partial charge is 0.268 e. The van der Waals surface area contributed by atoms with E-state index in [1.54, 1.807) is 38.5 Å². The predicted molar refractivity (Wildman–Crippen MR) is 131 cm³/mol. The molecular formula is C26H34N2O6. The molecule has 0 aliphatic rings. The van der Waals surface area contributed by atoms with Gasteiger partial charge >= 0.3 is 0 Å². The minimum absolute atomic E-state index is 0.111. The van der Waals surface area contributed by atoms with Gasteiger partial charge in [-0.3, -0.25) is 9.59 Å². The second-order valence-corrected chi connectivity index (χ2v) is 8.05. The van der Waals surface area contributed by atoms with Gasteiger partial charge in [-0.15, -0.1) is 0 Å². The summed E-state index contributed by atoms with van der Waals surface area (Å²) in [5.41, 5.74) is 1.61. The highest BCUT2D eigenvalue weighted by atomic mass is 16.5. The lowest BCUT2D eigenvalue weighted by atomic mass is 10.1. The number of nitrogens with one attached hydrogen (secondary N) is 2. The fourth-order valence-corrected chi connectivity index (χ4v) is 3.08. The van der Waals surface area contributed by atoms with Gasteiger partial charge in [-0.1, -0.05) is 26.0 Å². The molecule has 0 atom stereocenters. The third kappa shape index (κ3) is 8.03. The van der Waals surface area contributed by atoms with Gasteiger partial charge in [-0.05, 0) is 53.8 Å². The topological polar surface area (TPSA) is 95.1 Å². The Hall–Kier alpha value is -3.68. The van der Waals surface area contributed by atoms with Crippen LogP contribution < -0.4 is 29.6 Å². The third-order valence-electron chi connectivity index (χ3n) is 4.91. The van der Waals surface area contributed by atoms with Crippen LogP contribution in [0.2, 0.25) is 0 Å². The Labute approximate surface area is 201 Å². The lowest BCUT2D eigenvalue weighted by molar-refractivity contribution is -0.122. The van der Waals surface area contributed by atoms with Crippen LogP contribution in [0.5, 0.6) is 23.0 Å². The van der Waals surface area contributed by atoms with E-state index < -0.39 is 5.91 Å². The zero-order chi connectivity index (χ0) is 25.1. The van der Waals surface area contributed by atoms with Gasteiger partial charge in [0.1, 0.15) is 5.70 Å². The molecule has 0 spiro atoms. The van der Waals surface area contributed by atoms with Gasteiger partial charge in [0.25, 0.3) is 5.91 Å². The number of amides is 2. The standard InChI is InChI=1S/C26H34N2O6/c1-17(2)11-12-34-23-10-8-20(15-25(23)33-6)16-27-26(30)21(28-18(3)29)13-19-7-9-22(31-4)24(14-19)32-5/h7-10,13-15,17H,11-12,16H2,1-6H3,(H,27,30)(H,28,29)/b21-13-. The van der Waals surface area contributed by atoms with Gasteiger partial charge in [-0.25, -0.2) is 0 Å². The molecule has 184 valence electrons. The second kappa shape index (κ2) is 13.1. The molecule has 2 aromatic rings. The Morgan fingerprint density at radius 1 is 0.912 bits per heavy atom. The monoisotopic (exact) mass is 470 g/mol. The zero-order valence-corrected chi connectivity index (χ0v) is 20.7. The van der Waals surface area contributed by atoms with Crippen LogP contribution in [0.3, 0.4) is 0 Å². The average Bonchev–Trinajstić information content (AvgIpc) is 2.81. The molecule has 2 amide bonds. The van der Waals surface area contributed by atoms with Crippen LogP contribution in [-0.4, -0.2) is 39.8 Å². The largest absolute Gasteiger partial charge is 0.493 e. The molecule has 8 heteroatoms. The predicted octanol–water partition coefficient (Wildman–Crippen LogP) is 3.93. The molecule has 0 aliphatic heterocycles. The van der Waals surface area contributed by atoms with Gasteiger partial charge in [0.15, 0.2) is 23.0 Å². The summed E-state index contributed by atoms with van der Waals surface area (Å²) in [5.74, 6) is 2.10. The summed E-state index contributed by atoms with van der Waals surface area (Å²) in [6.45, 7) is 6.47. The zero-order valence-electron chi connectivity index (χ0n) is 20.7. The van der Waals surface area contributed by atoms with Crippen molar-refractivity contribution in [3.63, 3.8) is 0 Å². The molecule has 8 nitrogen and oxygen atoms in total. The SMILES string of the molecule is COc1ccc(/C=C(\NC(C)=O)C(=O)NCc2ccc(OCCC(C)C)c(OC)c2)cc1OC. The van der Waals surface area contributed by atoms with Gasteiger partial charge in [0.2, 0.25) is 5.91 Å². The minimum Gasteiger partial charge on any atom is -0.493 e. The van der Waals surface area contributed by atoms with Gasteiger partial charge in [0, 0.05) is 13.5 Å². The van der Waals surface area contributed by atoms with Crippen LogP contribution in [0.15, 0.2) is 42.1 Å². The highest BCUT2D eigenvalue weighted by molar-refractivity contribution is 6.00. The normalized spacial score (nSPS) is 11.1. The van der Waals surface area contributed by atoms with Crippen molar-refractivity contribution in [1.82, 2.24) is 10.6 Å². The summed E-state index contributed by atoms with van der Waals surface area (Å²) in [6.07, 6.45) is 2.52.